The van der Waals surface area contributed by atoms with E-state index >= 15 is 0 Å². The Morgan fingerprint density at radius 2 is 1.77 bits per heavy atom. The van der Waals surface area contributed by atoms with Crippen molar-refractivity contribution in [3.05, 3.63) is 64.5 Å². The predicted octanol–water partition coefficient (Wildman–Crippen LogP) is 2.68. The maximum Gasteiger partial charge on any atom is 0.347 e. The van der Waals surface area contributed by atoms with Crippen molar-refractivity contribution in [2.45, 2.75) is 13.0 Å². The number of carbonyl (C=O) groups excluding carboxylic acids is 2. The van der Waals surface area contributed by atoms with Gasteiger partial charge in [-0.2, -0.15) is 0 Å². The number of hydrogen-bond acceptors (Lipinski definition) is 6. The molecule has 26 heavy (non-hydrogen) atoms. The summed E-state index contributed by atoms with van der Waals surface area (Å²) < 4.78 is 22.9. The van der Waals surface area contributed by atoms with Crippen LogP contribution in [0, 0.1) is 15.9 Å². The summed E-state index contributed by atoms with van der Waals surface area (Å²) in [6.07, 6.45) is -0.993. The van der Waals surface area contributed by atoms with Crippen LogP contribution >= 0.6 is 0 Å². The summed E-state index contributed by atoms with van der Waals surface area (Å²) in [5.74, 6) is -1.53. The van der Waals surface area contributed by atoms with Crippen LogP contribution in [0.2, 0.25) is 0 Å². The minimum absolute atomic E-state index is 0.110. The van der Waals surface area contributed by atoms with E-state index in [1.807, 2.05) is 0 Å². The molecule has 2 aromatic rings. The van der Waals surface area contributed by atoms with Gasteiger partial charge in [0.05, 0.1) is 4.92 Å². The second kappa shape index (κ2) is 8.56. The molecule has 0 spiro atoms. The summed E-state index contributed by atoms with van der Waals surface area (Å²) in [6.45, 7) is 0.882. The highest BCUT2D eigenvalue weighted by molar-refractivity contribution is 5.93. The Morgan fingerprint density at radius 1 is 1.15 bits per heavy atom. The average molecular weight is 362 g/mol. The largest absolute Gasteiger partial charge is 0.479 e. The van der Waals surface area contributed by atoms with E-state index in [0.29, 0.717) is 5.69 Å². The number of hydrogen-bond donors (Lipinski definition) is 1. The van der Waals surface area contributed by atoms with Gasteiger partial charge in [-0.25, -0.2) is 9.18 Å². The molecular weight excluding hydrogens is 347 g/mol. The summed E-state index contributed by atoms with van der Waals surface area (Å²) in [5.41, 5.74) is 0.216. The van der Waals surface area contributed by atoms with E-state index in [0.717, 1.165) is 0 Å². The molecule has 2 rings (SSSR count). The van der Waals surface area contributed by atoms with Crippen molar-refractivity contribution in [1.82, 2.24) is 0 Å². The maximum absolute atomic E-state index is 12.8. The molecular formula is C17H15FN2O6. The molecule has 0 aliphatic heterocycles. The zero-order chi connectivity index (χ0) is 19.1. The highest BCUT2D eigenvalue weighted by Crippen LogP contribution is 2.15. The molecule has 0 radical (unpaired) electrons. The highest BCUT2D eigenvalue weighted by Gasteiger charge is 2.18. The van der Waals surface area contributed by atoms with E-state index in [4.69, 9.17) is 9.47 Å². The van der Waals surface area contributed by atoms with Crippen LogP contribution in [0.3, 0.4) is 0 Å². The molecule has 0 saturated heterocycles. The van der Waals surface area contributed by atoms with Gasteiger partial charge in [-0.15, -0.1) is 0 Å². The smallest absolute Gasteiger partial charge is 0.347 e. The van der Waals surface area contributed by atoms with Crippen molar-refractivity contribution in [3.63, 3.8) is 0 Å². The van der Waals surface area contributed by atoms with E-state index in [-0.39, 0.29) is 11.4 Å². The topological polar surface area (TPSA) is 108 Å². The quantitative estimate of drug-likeness (QED) is 0.461. The second-order valence-corrected chi connectivity index (χ2v) is 5.17. The molecule has 0 unspecified atom stereocenters. The Kier molecular flexibility index (Phi) is 6.20. The fourth-order valence-corrected chi connectivity index (χ4v) is 1.88. The van der Waals surface area contributed by atoms with Crippen LogP contribution in [0.4, 0.5) is 15.8 Å². The lowest BCUT2D eigenvalue weighted by Gasteiger charge is -2.14. The van der Waals surface area contributed by atoms with Crippen LogP contribution < -0.4 is 10.1 Å². The number of anilines is 1. The van der Waals surface area contributed by atoms with Gasteiger partial charge in [0.1, 0.15) is 11.6 Å². The van der Waals surface area contributed by atoms with E-state index < -0.39 is 35.3 Å². The minimum atomic E-state index is -0.993. The second-order valence-electron chi connectivity index (χ2n) is 5.17. The van der Waals surface area contributed by atoms with E-state index in [9.17, 15) is 24.1 Å². The number of amides is 1. The van der Waals surface area contributed by atoms with Gasteiger partial charge in [-0.05, 0) is 43.3 Å². The van der Waals surface area contributed by atoms with Gasteiger partial charge < -0.3 is 14.8 Å². The maximum atomic E-state index is 12.8. The number of benzene rings is 2. The molecule has 0 bridgehead atoms. The Morgan fingerprint density at radius 3 is 2.35 bits per heavy atom. The normalized spacial score (nSPS) is 11.3. The number of non-ortho nitro benzene ring substituents is 1. The molecule has 0 heterocycles. The van der Waals surface area contributed by atoms with Crippen molar-refractivity contribution < 1.29 is 28.4 Å². The Hall–Kier alpha value is -3.49. The van der Waals surface area contributed by atoms with Gasteiger partial charge in [-0.3, -0.25) is 14.9 Å². The number of halogens is 1. The first-order valence-corrected chi connectivity index (χ1v) is 7.48. The standard InChI is InChI=1S/C17H15FN2O6/c1-11(26-15-8-2-12(18)3-9-15)17(22)25-10-16(21)19-13-4-6-14(7-5-13)20(23)24/h2-9,11H,10H2,1H3,(H,19,21)/t11-/m1/s1. The summed E-state index contributed by atoms with van der Waals surface area (Å²) in [4.78, 5) is 33.6. The van der Waals surface area contributed by atoms with Crippen LogP contribution in [-0.4, -0.2) is 29.5 Å². The van der Waals surface area contributed by atoms with Crippen molar-refractivity contribution in [1.29, 1.82) is 0 Å². The average Bonchev–Trinajstić information content (AvgIpc) is 2.62. The van der Waals surface area contributed by atoms with Crippen molar-refractivity contribution in [2.24, 2.45) is 0 Å². The number of esters is 1. The number of ether oxygens (including phenoxy) is 2. The first kappa shape index (κ1) is 18.8. The fraction of sp³-hybridized carbons (Fsp3) is 0.176. The third-order valence-corrected chi connectivity index (χ3v) is 3.17. The lowest BCUT2D eigenvalue weighted by molar-refractivity contribution is -0.384. The van der Waals surface area contributed by atoms with Gasteiger partial charge in [-0.1, -0.05) is 0 Å². The first-order valence-electron chi connectivity index (χ1n) is 7.48. The lowest BCUT2D eigenvalue weighted by atomic mass is 10.3. The van der Waals surface area contributed by atoms with Crippen LogP contribution in [0.1, 0.15) is 6.92 Å². The number of carbonyl (C=O) groups is 2. The van der Waals surface area contributed by atoms with Crippen molar-refractivity contribution in [2.75, 3.05) is 11.9 Å². The zero-order valence-corrected chi connectivity index (χ0v) is 13.7. The Balaban J connectivity index is 1.79. The van der Waals surface area contributed by atoms with Gasteiger partial charge in [0.25, 0.3) is 11.6 Å². The third-order valence-electron chi connectivity index (χ3n) is 3.17. The van der Waals surface area contributed by atoms with Crippen LogP contribution in [0.25, 0.3) is 0 Å². The molecule has 1 N–H and O–H groups in total. The van der Waals surface area contributed by atoms with E-state index in [1.54, 1.807) is 0 Å². The molecule has 1 amide bonds. The summed E-state index contributed by atoms with van der Waals surface area (Å²) in [6, 6.07) is 10.3. The molecule has 0 aromatic heterocycles. The monoisotopic (exact) mass is 362 g/mol. The summed E-state index contributed by atoms with van der Waals surface area (Å²) in [7, 11) is 0. The van der Waals surface area contributed by atoms with Gasteiger partial charge in [0, 0.05) is 17.8 Å². The highest BCUT2D eigenvalue weighted by atomic mass is 19.1. The van der Waals surface area contributed by atoms with Gasteiger partial charge >= 0.3 is 5.97 Å². The molecule has 0 aliphatic rings. The fourth-order valence-electron chi connectivity index (χ4n) is 1.88. The molecule has 0 fully saturated rings. The molecule has 1 atom stereocenters. The Bertz CT molecular complexity index is 792. The van der Waals surface area contributed by atoms with Crippen LogP contribution in [-0.2, 0) is 14.3 Å². The molecule has 0 saturated carbocycles. The predicted molar refractivity (Wildman–Crippen MR) is 89.2 cm³/mol. The molecule has 2 aromatic carbocycles. The van der Waals surface area contributed by atoms with E-state index in [2.05, 4.69) is 5.32 Å². The molecule has 8 nitrogen and oxygen atoms in total. The van der Waals surface area contributed by atoms with E-state index in [1.165, 1.54) is 55.5 Å². The van der Waals surface area contributed by atoms with Crippen molar-refractivity contribution in [3.8, 4) is 5.75 Å². The summed E-state index contributed by atoms with van der Waals surface area (Å²) in [5, 5.41) is 13.0. The lowest BCUT2D eigenvalue weighted by Crippen LogP contribution is -2.29. The summed E-state index contributed by atoms with van der Waals surface area (Å²) >= 11 is 0. The van der Waals surface area contributed by atoms with Gasteiger partial charge in [0.2, 0.25) is 0 Å². The number of nitro benzene ring substituents is 1. The minimum Gasteiger partial charge on any atom is -0.479 e. The van der Waals surface area contributed by atoms with Crippen LogP contribution in [0.5, 0.6) is 5.75 Å². The van der Waals surface area contributed by atoms with Crippen LogP contribution in [0.15, 0.2) is 48.5 Å². The Labute approximate surface area is 147 Å². The van der Waals surface area contributed by atoms with Crippen molar-refractivity contribution >= 4 is 23.3 Å². The van der Waals surface area contributed by atoms with Gasteiger partial charge in [0.15, 0.2) is 12.7 Å². The first-order chi connectivity index (χ1) is 12.3. The molecule has 136 valence electrons. The number of nitro groups is 1. The SMILES string of the molecule is C[C@@H](Oc1ccc(F)cc1)C(=O)OCC(=O)Nc1ccc([N+](=O)[O-])cc1. The number of rotatable bonds is 7. The zero-order valence-electron chi connectivity index (χ0n) is 13.7. The molecule has 9 heteroatoms. The third kappa shape index (κ3) is 5.55. The number of nitrogens with one attached hydrogen (secondary N) is 1. The molecule has 0 aliphatic carbocycles. The number of nitrogens with zero attached hydrogens (tertiary/aromatic N) is 1.